The highest BCUT2D eigenvalue weighted by atomic mass is 16.4. The Bertz CT molecular complexity index is 658. The predicted molar refractivity (Wildman–Crippen MR) is 74.2 cm³/mol. The van der Waals surface area contributed by atoms with E-state index in [1.165, 1.54) is 24.0 Å². The fraction of sp³-hybridized carbons (Fsp3) is 0.400. The van der Waals surface area contributed by atoms with Crippen LogP contribution >= 0.6 is 0 Å². The SMILES string of the molecule is Cc1[nH]c2cc3c(cc2c1C(N)C(=O)O)CCCC3. The lowest BCUT2D eigenvalue weighted by Crippen LogP contribution is -2.21. The van der Waals surface area contributed by atoms with Crippen LogP contribution in [0.4, 0.5) is 0 Å². The summed E-state index contributed by atoms with van der Waals surface area (Å²) in [5, 5.41) is 10.1. The summed E-state index contributed by atoms with van der Waals surface area (Å²) in [5.41, 5.74) is 11.1. The molecule has 3 rings (SSSR count). The van der Waals surface area contributed by atoms with E-state index in [1.54, 1.807) is 0 Å². The third kappa shape index (κ3) is 1.92. The van der Waals surface area contributed by atoms with Crippen molar-refractivity contribution in [3.63, 3.8) is 0 Å². The van der Waals surface area contributed by atoms with Crippen molar-refractivity contribution in [2.24, 2.45) is 5.73 Å². The van der Waals surface area contributed by atoms with Crippen LogP contribution in [0.1, 0.15) is 41.3 Å². The van der Waals surface area contributed by atoms with E-state index >= 15 is 0 Å². The standard InChI is InChI=1S/C15H18N2O2/c1-8-13(14(16)15(18)19)11-6-9-4-2-3-5-10(9)7-12(11)17-8/h6-7,14,17H,2-5,16H2,1H3,(H,18,19). The number of carboxylic acid groups (broad SMARTS) is 1. The first-order chi connectivity index (χ1) is 9.08. The summed E-state index contributed by atoms with van der Waals surface area (Å²) in [6.07, 6.45) is 4.64. The second kappa shape index (κ2) is 4.38. The second-order valence-electron chi connectivity index (χ2n) is 5.35. The minimum absolute atomic E-state index is 0.718. The number of carboxylic acids is 1. The maximum absolute atomic E-state index is 11.1. The molecule has 1 heterocycles. The Morgan fingerprint density at radius 3 is 2.58 bits per heavy atom. The summed E-state index contributed by atoms with van der Waals surface area (Å²) in [6, 6.07) is 3.33. The Morgan fingerprint density at radius 2 is 1.95 bits per heavy atom. The molecule has 1 aromatic heterocycles. The van der Waals surface area contributed by atoms with E-state index in [1.807, 2.05) is 6.92 Å². The largest absolute Gasteiger partial charge is 0.480 e. The number of hydrogen-bond acceptors (Lipinski definition) is 2. The second-order valence-corrected chi connectivity index (χ2v) is 5.35. The van der Waals surface area contributed by atoms with E-state index in [0.717, 1.165) is 35.0 Å². The van der Waals surface area contributed by atoms with Crippen molar-refractivity contribution in [2.75, 3.05) is 0 Å². The maximum Gasteiger partial charge on any atom is 0.325 e. The highest BCUT2D eigenvalue weighted by molar-refractivity contribution is 5.91. The van der Waals surface area contributed by atoms with Gasteiger partial charge in [-0.25, -0.2) is 0 Å². The number of aromatic amines is 1. The molecule has 2 aromatic rings. The van der Waals surface area contributed by atoms with Gasteiger partial charge in [0.15, 0.2) is 0 Å². The van der Waals surface area contributed by atoms with Crippen molar-refractivity contribution in [1.82, 2.24) is 4.98 Å². The lowest BCUT2D eigenvalue weighted by atomic mass is 9.89. The van der Waals surface area contributed by atoms with Crippen molar-refractivity contribution in [1.29, 1.82) is 0 Å². The summed E-state index contributed by atoms with van der Waals surface area (Å²) in [5.74, 6) is -0.985. The maximum atomic E-state index is 11.1. The average molecular weight is 258 g/mol. The number of nitrogens with two attached hydrogens (primary N) is 1. The summed E-state index contributed by atoms with van der Waals surface area (Å²) in [4.78, 5) is 14.4. The molecule has 0 amide bonds. The molecule has 0 bridgehead atoms. The Hall–Kier alpha value is -1.81. The van der Waals surface area contributed by atoms with Gasteiger partial charge in [0.1, 0.15) is 6.04 Å². The molecule has 4 N–H and O–H groups in total. The van der Waals surface area contributed by atoms with Crippen molar-refractivity contribution in [2.45, 2.75) is 38.6 Å². The van der Waals surface area contributed by atoms with Gasteiger partial charge in [-0.3, -0.25) is 4.79 Å². The summed E-state index contributed by atoms with van der Waals surface area (Å²) < 4.78 is 0. The fourth-order valence-electron chi connectivity index (χ4n) is 3.11. The third-order valence-electron chi connectivity index (χ3n) is 4.08. The molecule has 0 aliphatic heterocycles. The molecule has 0 saturated carbocycles. The molecule has 0 radical (unpaired) electrons. The van der Waals surface area contributed by atoms with E-state index in [-0.39, 0.29) is 0 Å². The van der Waals surface area contributed by atoms with Crippen molar-refractivity contribution < 1.29 is 9.90 Å². The minimum Gasteiger partial charge on any atom is -0.480 e. The number of rotatable bonds is 2. The molecule has 19 heavy (non-hydrogen) atoms. The summed E-state index contributed by atoms with van der Waals surface area (Å²) in [7, 11) is 0. The van der Waals surface area contributed by atoms with Crippen molar-refractivity contribution in [3.8, 4) is 0 Å². The quantitative estimate of drug-likeness (QED) is 0.774. The summed E-state index contributed by atoms with van der Waals surface area (Å²) >= 11 is 0. The van der Waals surface area contributed by atoms with Crippen LogP contribution in [0.5, 0.6) is 0 Å². The molecule has 0 spiro atoms. The van der Waals surface area contributed by atoms with Gasteiger partial charge in [0, 0.05) is 22.2 Å². The van der Waals surface area contributed by atoms with Gasteiger partial charge in [0.2, 0.25) is 0 Å². The van der Waals surface area contributed by atoms with Gasteiger partial charge in [-0.2, -0.15) is 0 Å². The average Bonchev–Trinajstić information content (AvgIpc) is 2.70. The van der Waals surface area contributed by atoms with Crippen LogP contribution in [0.3, 0.4) is 0 Å². The lowest BCUT2D eigenvalue weighted by Gasteiger charge is -2.16. The van der Waals surface area contributed by atoms with Crippen LogP contribution in [0.15, 0.2) is 12.1 Å². The van der Waals surface area contributed by atoms with E-state index < -0.39 is 12.0 Å². The molecule has 4 nitrogen and oxygen atoms in total. The molecule has 1 atom stereocenters. The molecular formula is C15H18N2O2. The Labute approximate surface area is 111 Å². The van der Waals surface area contributed by atoms with Crippen LogP contribution in [-0.2, 0) is 17.6 Å². The Balaban J connectivity index is 2.22. The first-order valence-corrected chi connectivity index (χ1v) is 6.70. The normalized spacial score (nSPS) is 16.3. The number of carbonyl (C=O) groups is 1. The van der Waals surface area contributed by atoms with Gasteiger partial charge < -0.3 is 15.8 Å². The lowest BCUT2D eigenvalue weighted by molar-refractivity contribution is -0.138. The van der Waals surface area contributed by atoms with Crippen molar-refractivity contribution in [3.05, 3.63) is 34.5 Å². The highest BCUT2D eigenvalue weighted by Crippen LogP contribution is 2.32. The summed E-state index contributed by atoms with van der Waals surface area (Å²) in [6.45, 7) is 1.89. The van der Waals surface area contributed by atoms with Crippen LogP contribution < -0.4 is 5.73 Å². The van der Waals surface area contributed by atoms with E-state index in [2.05, 4.69) is 17.1 Å². The molecule has 4 heteroatoms. The molecule has 1 aliphatic rings. The number of nitrogens with one attached hydrogen (secondary N) is 1. The Kier molecular flexibility index (Phi) is 2.82. The highest BCUT2D eigenvalue weighted by Gasteiger charge is 2.22. The number of aryl methyl sites for hydroxylation is 3. The zero-order valence-electron chi connectivity index (χ0n) is 11.0. The van der Waals surface area contributed by atoms with Crippen LogP contribution in [-0.4, -0.2) is 16.1 Å². The predicted octanol–water partition coefficient (Wildman–Crippen LogP) is 2.44. The number of fused-ring (bicyclic) bond motifs is 2. The van der Waals surface area contributed by atoms with Crippen LogP contribution in [0, 0.1) is 6.92 Å². The molecule has 0 fully saturated rings. The zero-order valence-corrected chi connectivity index (χ0v) is 11.0. The van der Waals surface area contributed by atoms with Gasteiger partial charge in [-0.15, -0.1) is 0 Å². The van der Waals surface area contributed by atoms with Crippen LogP contribution in [0.25, 0.3) is 10.9 Å². The first-order valence-electron chi connectivity index (χ1n) is 6.70. The number of aromatic nitrogens is 1. The monoisotopic (exact) mass is 258 g/mol. The number of hydrogen-bond donors (Lipinski definition) is 3. The first kappa shape index (κ1) is 12.2. The van der Waals surface area contributed by atoms with Gasteiger partial charge in [0.25, 0.3) is 0 Å². The fourth-order valence-corrected chi connectivity index (χ4v) is 3.11. The zero-order chi connectivity index (χ0) is 13.6. The van der Waals surface area contributed by atoms with Crippen molar-refractivity contribution >= 4 is 16.9 Å². The minimum atomic E-state index is -0.985. The molecule has 1 aliphatic carbocycles. The molecule has 0 saturated heterocycles. The van der Waals surface area contributed by atoms with E-state index in [9.17, 15) is 4.79 Å². The van der Waals surface area contributed by atoms with E-state index in [4.69, 9.17) is 10.8 Å². The van der Waals surface area contributed by atoms with Gasteiger partial charge in [-0.1, -0.05) is 0 Å². The molecular weight excluding hydrogens is 240 g/mol. The molecule has 1 aromatic carbocycles. The Morgan fingerprint density at radius 1 is 1.32 bits per heavy atom. The van der Waals surface area contributed by atoms with Gasteiger partial charge >= 0.3 is 5.97 Å². The number of H-pyrrole nitrogens is 1. The van der Waals surface area contributed by atoms with Gasteiger partial charge in [-0.05, 0) is 55.9 Å². The van der Waals surface area contributed by atoms with Gasteiger partial charge in [0.05, 0.1) is 0 Å². The molecule has 1 unspecified atom stereocenters. The smallest absolute Gasteiger partial charge is 0.325 e. The van der Waals surface area contributed by atoms with Crippen LogP contribution in [0.2, 0.25) is 0 Å². The number of benzene rings is 1. The third-order valence-corrected chi connectivity index (χ3v) is 4.08. The number of aliphatic carboxylic acids is 1. The van der Waals surface area contributed by atoms with E-state index in [0.29, 0.717) is 0 Å². The topological polar surface area (TPSA) is 79.1 Å². The molecule has 100 valence electrons.